The lowest BCUT2D eigenvalue weighted by Crippen LogP contribution is -2.29. The van der Waals surface area contributed by atoms with E-state index in [-0.39, 0.29) is 0 Å². The van der Waals surface area contributed by atoms with Crippen LogP contribution in [0.4, 0.5) is 5.95 Å². The molecule has 0 saturated heterocycles. The van der Waals surface area contributed by atoms with Gasteiger partial charge in [-0.3, -0.25) is 9.69 Å². The van der Waals surface area contributed by atoms with E-state index in [1.165, 1.54) is 6.92 Å². The number of para-hydroxylation sites is 1. The minimum atomic E-state index is -0.439. The van der Waals surface area contributed by atoms with Gasteiger partial charge in [0.05, 0.1) is 26.4 Å². The van der Waals surface area contributed by atoms with Crippen LogP contribution in [0.15, 0.2) is 54.7 Å². The number of nitriles is 1. The maximum atomic E-state index is 11.9. The third-order valence-electron chi connectivity index (χ3n) is 4.11. The number of hydrogen-bond donors (Lipinski definition) is 0. The average molecular weight is 366 g/mol. The van der Waals surface area contributed by atoms with Crippen molar-refractivity contribution in [2.75, 3.05) is 19.0 Å². The van der Waals surface area contributed by atoms with Crippen molar-refractivity contribution in [2.45, 2.75) is 6.92 Å². The Morgan fingerprint density at radius 3 is 2.46 bits per heavy atom. The number of fused-ring (bicyclic) bond motifs is 5. The van der Waals surface area contributed by atoms with Gasteiger partial charge in [-0.15, -0.1) is 0 Å². The number of benzene rings is 1. The highest BCUT2D eigenvalue weighted by molar-refractivity contribution is 6.68. The van der Waals surface area contributed by atoms with Crippen LogP contribution in [0.5, 0.6) is 0 Å². The van der Waals surface area contributed by atoms with Gasteiger partial charge in [-0.1, -0.05) is 24.3 Å². The van der Waals surface area contributed by atoms with Gasteiger partial charge >= 0.3 is 5.95 Å². The third kappa shape index (κ3) is 2.75. The highest BCUT2D eigenvalue weighted by Crippen LogP contribution is 2.28. The van der Waals surface area contributed by atoms with Crippen LogP contribution in [-0.4, -0.2) is 23.7 Å². The second-order valence-corrected chi connectivity index (χ2v) is 6.29. The van der Waals surface area contributed by atoms with E-state index in [9.17, 15) is 4.79 Å². The van der Waals surface area contributed by atoms with Gasteiger partial charge in [0.25, 0.3) is 5.24 Å². The van der Waals surface area contributed by atoms with Crippen molar-refractivity contribution in [1.82, 2.24) is 4.40 Å². The van der Waals surface area contributed by atoms with Crippen molar-refractivity contribution in [3.05, 3.63) is 60.3 Å². The predicted octanol–water partition coefficient (Wildman–Crippen LogP) is 3.81. The van der Waals surface area contributed by atoms with Crippen molar-refractivity contribution in [3.63, 3.8) is 0 Å². The Labute approximate surface area is 156 Å². The van der Waals surface area contributed by atoms with E-state index < -0.39 is 5.24 Å². The molecule has 0 N–H and O–H groups in total. The number of anilines is 1. The molecule has 6 heteroatoms. The highest BCUT2D eigenvalue weighted by Gasteiger charge is 2.25. The molecule has 3 heterocycles. The van der Waals surface area contributed by atoms with E-state index in [1.54, 1.807) is 6.07 Å². The fourth-order valence-corrected chi connectivity index (χ4v) is 3.38. The number of hydrogen-bond acceptors (Lipinski definition) is 3. The van der Waals surface area contributed by atoms with Crippen LogP contribution in [-0.2, 0) is 0 Å². The lowest BCUT2D eigenvalue weighted by molar-refractivity contribution is -0.497. The molecule has 0 radical (unpaired) electrons. The van der Waals surface area contributed by atoms with E-state index in [2.05, 4.69) is 13.7 Å². The van der Waals surface area contributed by atoms with Crippen molar-refractivity contribution in [1.29, 1.82) is 5.26 Å². The van der Waals surface area contributed by atoms with E-state index in [4.69, 9.17) is 16.9 Å². The number of carbonyl (C=O) groups is 1. The zero-order valence-electron chi connectivity index (χ0n) is 14.8. The second kappa shape index (κ2) is 7.03. The largest absolute Gasteiger partial charge is 0.369 e. The molecule has 130 valence electrons. The Morgan fingerprint density at radius 2 is 1.81 bits per heavy atom. The van der Waals surface area contributed by atoms with Gasteiger partial charge in [0.1, 0.15) is 16.6 Å². The first-order chi connectivity index (χ1) is 12.5. The number of halogens is 1. The summed E-state index contributed by atoms with van der Waals surface area (Å²) in [6, 6.07) is 17.5. The molecule has 0 aliphatic carbocycles. The zero-order valence-corrected chi connectivity index (χ0v) is 15.5. The van der Waals surface area contributed by atoms with Crippen LogP contribution in [0.25, 0.3) is 21.9 Å². The minimum Gasteiger partial charge on any atom is -0.276 e. The summed E-state index contributed by atoms with van der Waals surface area (Å²) in [5.74, 6) is 1.01. The van der Waals surface area contributed by atoms with E-state index in [0.717, 1.165) is 27.9 Å². The summed E-state index contributed by atoms with van der Waals surface area (Å²) in [5, 5.41) is 7.73. The topological polar surface area (TPSA) is 52.6 Å². The van der Waals surface area contributed by atoms with Crippen LogP contribution in [0, 0.1) is 11.3 Å². The van der Waals surface area contributed by atoms with Gasteiger partial charge in [-0.2, -0.15) is 9.66 Å². The maximum Gasteiger partial charge on any atom is 0.369 e. The van der Waals surface area contributed by atoms with E-state index >= 15 is 0 Å². The molecule has 4 rings (SSSR count). The monoisotopic (exact) mass is 365 g/mol. The van der Waals surface area contributed by atoms with Gasteiger partial charge in [-0.05, 0) is 35.9 Å². The molecule has 0 fully saturated rings. The molecule has 0 aliphatic rings. The summed E-state index contributed by atoms with van der Waals surface area (Å²) in [7, 11) is 4.02. The predicted molar refractivity (Wildman–Crippen MR) is 104 cm³/mol. The van der Waals surface area contributed by atoms with E-state index in [1.807, 2.05) is 68.8 Å². The molecule has 0 amide bonds. The third-order valence-corrected chi connectivity index (χ3v) is 4.31. The zero-order chi connectivity index (χ0) is 18.8. The first-order valence-electron chi connectivity index (χ1n) is 8.05. The lowest BCUT2D eigenvalue weighted by atomic mass is 10.1. The quantitative estimate of drug-likeness (QED) is 0.401. The number of nitrogens with zero attached hydrogens (tertiary/aromatic N) is 4. The molecule has 0 saturated carbocycles. The highest BCUT2D eigenvalue weighted by atomic mass is 35.5. The molecule has 0 unspecified atom stereocenters. The molecule has 26 heavy (non-hydrogen) atoms. The van der Waals surface area contributed by atoms with Crippen LogP contribution in [0.2, 0.25) is 0 Å². The van der Waals surface area contributed by atoms with Gasteiger partial charge in [0.2, 0.25) is 0 Å². The molecule has 4 aromatic rings. The smallest absolute Gasteiger partial charge is 0.276 e. The Hall–Kier alpha value is -3.10. The molecule has 0 aliphatic heterocycles. The molecule has 0 spiro atoms. The molecule has 5 nitrogen and oxygen atoms in total. The van der Waals surface area contributed by atoms with Crippen LogP contribution in [0.3, 0.4) is 0 Å². The molecule has 1 aromatic carbocycles. The summed E-state index contributed by atoms with van der Waals surface area (Å²) in [6.07, 6.45) is 2.02. The Kier molecular flexibility index (Phi) is 4.79. The van der Waals surface area contributed by atoms with Crippen molar-refractivity contribution in [3.8, 4) is 6.07 Å². The standard InChI is InChI=1S/C18H15ClN3O.C2H3N/c1-20(2)18-21-10-6-5-9-15(21)16-11-13(17(19)23)12-7-3-4-8-14(12)22(16)18;1-2-3/h3-11H,1-2H3;1H3/q+1;. The van der Waals surface area contributed by atoms with Crippen molar-refractivity contribution >= 4 is 44.7 Å². The number of pyridine rings is 2. The van der Waals surface area contributed by atoms with E-state index in [0.29, 0.717) is 5.56 Å². The number of carbonyl (C=O) groups excluding carboxylic acids is 1. The van der Waals surface area contributed by atoms with Crippen molar-refractivity contribution in [2.24, 2.45) is 0 Å². The molecule has 0 atom stereocenters. The first-order valence-corrected chi connectivity index (χ1v) is 8.43. The fourth-order valence-electron chi connectivity index (χ4n) is 3.22. The second-order valence-electron chi connectivity index (χ2n) is 5.94. The Bertz CT molecular complexity index is 1170. The number of imidazole rings is 1. The summed E-state index contributed by atoms with van der Waals surface area (Å²) < 4.78 is 4.28. The van der Waals surface area contributed by atoms with Gasteiger partial charge < -0.3 is 0 Å². The molecule has 0 bridgehead atoms. The van der Waals surface area contributed by atoms with Gasteiger partial charge in [-0.25, -0.2) is 4.40 Å². The van der Waals surface area contributed by atoms with Crippen LogP contribution >= 0.6 is 11.6 Å². The fraction of sp³-hybridized carbons (Fsp3) is 0.150. The Morgan fingerprint density at radius 1 is 1.15 bits per heavy atom. The maximum absolute atomic E-state index is 11.9. The normalized spacial score (nSPS) is 10.4. The van der Waals surface area contributed by atoms with Crippen LogP contribution in [0.1, 0.15) is 17.3 Å². The summed E-state index contributed by atoms with van der Waals surface area (Å²) in [4.78, 5) is 14.0. The average Bonchev–Trinajstić information content (AvgIpc) is 2.96. The number of aromatic nitrogens is 2. The first kappa shape index (κ1) is 17.7. The van der Waals surface area contributed by atoms with Gasteiger partial charge in [0.15, 0.2) is 0 Å². The molecule has 3 aromatic heterocycles. The molecular weight excluding hydrogens is 348 g/mol. The lowest BCUT2D eigenvalue weighted by Gasteiger charge is -2.08. The number of rotatable bonds is 2. The SMILES string of the molecule is CC#N.CN(C)c1n2c3ccccc3c(C(=O)Cl)cc2c2cccc[n+]12. The van der Waals surface area contributed by atoms with Crippen LogP contribution < -0.4 is 9.30 Å². The van der Waals surface area contributed by atoms with Crippen molar-refractivity contribution < 1.29 is 9.20 Å². The Balaban J connectivity index is 0.000000613. The summed E-state index contributed by atoms with van der Waals surface area (Å²) in [5.41, 5.74) is 3.48. The summed E-state index contributed by atoms with van der Waals surface area (Å²) >= 11 is 5.84. The summed E-state index contributed by atoms with van der Waals surface area (Å²) in [6.45, 7) is 1.43. The van der Waals surface area contributed by atoms with Gasteiger partial charge in [0, 0.05) is 17.9 Å². The molecular formula is C20H18ClN4O+. The minimum absolute atomic E-state index is 0.439.